The zero-order valence-electron chi connectivity index (χ0n) is 7.33. The predicted molar refractivity (Wildman–Crippen MR) is 54.4 cm³/mol. The second kappa shape index (κ2) is 3.39. The number of nitrogens with zero attached hydrogens (tertiary/aromatic N) is 1. The molecule has 2 nitrogen and oxygen atoms in total. The minimum absolute atomic E-state index is 0.357. The molecule has 1 aliphatic carbocycles. The normalized spacial score (nSPS) is 18.6. The van der Waals surface area contributed by atoms with Gasteiger partial charge in [-0.25, -0.2) is 4.98 Å². The van der Waals surface area contributed by atoms with Crippen molar-refractivity contribution in [1.82, 2.24) is 4.98 Å². The van der Waals surface area contributed by atoms with Gasteiger partial charge < -0.3 is 5.11 Å². The fourth-order valence-corrected chi connectivity index (χ4v) is 1.72. The van der Waals surface area contributed by atoms with Gasteiger partial charge >= 0.3 is 0 Å². The average molecular weight is 242 g/mol. The van der Waals surface area contributed by atoms with Crippen molar-refractivity contribution in [1.29, 1.82) is 0 Å². The van der Waals surface area contributed by atoms with E-state index in [9.17, 15) is 5.11 Å². The van der Waals surface area contributed by atoms with E-state index >= 15 is 0 Å². The van der Waals surface area contributed by atoms with Crippen LogP contribution >= 0.6 is 15.9 Å². The van der Waals surface area contributed by atoms with Gasteiger partial charge in [0.15, 0.2) is 0 Å². The molecule has 1 aliphatic rings. The zero-order chi connectivity index (χ0) is 9.31. The third kappa shape index (κ3) is 2.51. The van der Waals surface area contributed by atoms with E-state index in [1.165, 1.54) is 0 Å². The molecule has 0 unspecified atom stereocenters. The van der Waals surface area contributed by atoms with Crippen LogP contribution < -0.4 is 0 Å². The van der Waals surface area contributed by atoms with Crippen molar-refractivity contribution in [2.75, 3.05) is 0 Å². The van der Waals surface area contributed by atoms with Crippen LogP contribution in [-0.2, 0) is 6.42 Å². The van der Waals surface area contributed by atoms with Crippen LogP contribution in [0.5, 0.6) is 0 Å². The Bertz CT molecular complexity index is 310. The van der Waals surface area contributed by atoms with E-state index in [0.717, 1.165) is 36.0 Å². The maximum atomic E-state index is 9.62. The fraction of sp³-hybridized carbons (Fsp3) is 0.500. The third-order valence-corrected chi connectivity index (χ3v) is 2.89. The summed E-state index contributed by atoms with van der Waals surface area (Å²) in [6, 6.07) is 5.88. The molecule has 3 heteroatoms. The van der Waals surface area contributed by atoms with Crippen LogP contribution in [0, 0.1) is 0 Å². The molecule has 0 atom stereocenters. The predicted octanol–water partition coefficient (Wildman–Crippen LogP) is 2.30. The maximum absolute atomic E-state index is 9.62. The SMILES string of the molecule is OC1(CCc2cccc(Br)n2)CC1. The van der Waals surface area contributed by atoms with Crippen LogP contribution in [0.15, 0.2) is 22.8 Å². The Kier molecular flexibility index (Phi) is 2.39. The Labute approximate surface area is 86.1 Å². The molecule has 13 heavy (non-hydrogen) atoms. The van der Waals surface area contributed by atoms with Crippen LogP contribution in [0.1, 0.15) is 25.0 Å². The molecule has 1 aromatic heterocycles. The molecule has 0 spiro atoms. The highest BCUT2D eigenvalue weighted by Crippen LogP contribution is 2.39. The Hall–Kier alpha value is -0.410. The highest BCUT2D eigenvalue weighted by atomic mass is 79.9. The first-order chi connectivity index (χ1) is 6.18. The average Bonchev–Trinajstić information content (AvgIpc) is 2.82. The lowest BCUT2D eigenvalue weighted by atomic mass is 10.1. The molecule has 1 fully saturated rings. The molecule has 2 rings (SSSR count). The number of pyridine rings is 1. The third-order valence-electron chi connectivity index (χ3n) is 2.45. The molecular formula is C10H12BrNO. The summed E-state index contributed by atoms with van der Waals surface area (Å²) in [5, 5.41) is 9.62. The van der Waals surface area contributed by atoms with Crippen molar-refractivity contribution in [3.05, 3.63) is 28.5 Å². The molecular weight excluding hydrogens is 230 g/mol. The van der Waals surface area contributed by atoms with Gasteiger partial charge in [0.1, 0.15) is 4.60 Å². The van der Waals surface area contributed by atoms with Gasteiger partial charge in [-0.1, -0.05) is 6.07 Å². The fourth-order valence-electron chi connectivity index (χ4n) is 1.34. The summed E-state index contributed by atoms with van der Waals surface area (Å²) in [4.78, 5) is 4.31. The van der Waals surface area contributed by atoms with Crippen LogP contribution in [0.25, 0.3) is 0 Å². The van der Waals surface area contributed by atoms with Crippen molar-refractivity contribution in [3.63, 3.8) is 0 Å². The van der Waals surface area contributed by atoms with Gasteiger partial charge in [-0.2, -0.15) is 0 Å². The lowest BCUT2D eigenvalue weighted by molar-refractivity contribution is 0.140. The number of hydrogen-bond acceptors (Lipinski definition) is 2. The van der Waals surface area contributed by atoms with Gasteiger partial charge in [0.05, 0.1) is 5.60 Å². The molecule has 1 heterocycles. The molecule has 1 aromatic rings. The Morgan fingerprint density at radius 3 is 2.85 bits per heavy atom. The van der Waals surface area contributed by atoms with Gasteiger partial charge in [-0.05, 0) is 53.7 Å². The minimum Gasteiger partial charge on any atom is -0.390 e. The Morgan fingerprint density at radius 2 is 2.23 bits per heavy atom. The largest absolute Gasteiger partial charge is 0.390 e. The molecule has 1 saturated carbocycles. The smallest absolute Gasteiger partial charge is 0.106 e. The van der Waals surface area contributed by atoms with E-state index in [4.69, 9.17) is 0 Å². The summed E-state index contributed by atoms with van der Waals surface area (Å²) < 4.78 is 0.868. The van der Waals surface area contributed by atoms with Crippen LogP contribution in [0.4, 0.5) is 0 Å². The highest BCUT2D eigenvalue weighted by Gasteiger charge is 2.39. The number of halogens is 1. The second-order valence-electron chi connectivity index (χ2n) is 3.68. The lowest BCUT2D eigenvalue weighted by Gasteiger charge is -2.06. The van der Waals surface area contributed by atoms with Crippen LogP contribution in [0.2, 0.25) is 0 Å². The number of aryl methyl sites for hydroxylation is 1. The van der Waals surface area contributed by atoms with E-state index in [-0.39, 0.29) is 5.60 Å². The summed E-state index contributed by atoms with van der Waals surface area (Å²) in [5.74, 6) is 0. The van der Waals surface area contributed by atoms with Gasteiger partial charge in [-0.15, -0.1) is 0 Å². The first kappa shape index (κ1) is 9.16. The first-order valence-corrected chi connectivity index (χ1v) is 5.31. The topological polar surface area (TPSA) is 33.1 Å². The van der Waals surface area contributed by atoms with Crippen molar-refractivity contribution < 1.29 is 5.11 Å². The van der Waals surface area contributed by atoms with Gasteiger partial charge in [0.2, 0.25) is 0 Å². The molecule has 0 aliphatic heterocycles. The molecule has 0 aromatic carbocycles. The minimum atomic E-state index is -0.357. The van der Waals surface area contributed by atoms with E-state index in [0.29, 0.717) is 0 Å². The van der Waals surface area contributed by atoms with Crippen LogP contribution in [0.3, 0.4) is 0 Å². The van der Waals surface area contributed by atoms with E-state index < -0.39 is 0 Å². The van der Waals surface area contributed by atoms with Gasteiger partial charge in [0, 0.05) is 5.69 Å². The monoisotopic (exact) mass is 241 g/mol. The number of rotatable bonds is 3. The standard InChI is InChI=1S/C10H12BrNO/c11-9-3-1-2-8(12-9)4-5-10(13)6-7-10/h1-3,13H,4-7H2. The second-order valence-corrected chi connectivity index (χ2v) is 4.49. The summed E-state index contributed by atoms with van der Waals surface area (Å²) >= 11 is 3.32. The Morgan fingerprint density at radius 1 is 1.46 bits per heavy atom. The quantitative estimate of drug-likeness (QED) is 0.825. The Balaban J connectivity index is 1.94. The summed E-state index contributed by atoms with van der Waals surface area (Å²) in [6.07, 6.45) is 3.63. The number of aliphatic hydroxyl groups is 1. The molecule has 70 valence electrons. The maximum Gasteiger partial charge on any atom is 0.106 e. The van der Waals surface area contributed by atoms with E-state index in [1.807, 2.05) is 18.2 Å². The van der Waals surface area contributed by atoms with E-state index in [2.05, 4.69) is 20.9 Å². The molecule has 1 N–H and O–H groups in total. The van der Waals surface area contributed by atoms with Crippen LogP contribution in [-0.4, -0.2) is 15.7 Å². The summed E-state index contributed by atoms with van der Waals surface area (Å²) in [5.41, 5.74) is 0.694. The molecule has 0 bridgehead atoms. The van der Waals surface area contributed by atoms with Crippen molar-refractivity contribution >= 4 is 15.9 Å². The van der Waals surface area contributed by atoms with Crippen molar-refractivity contribution in [2.45, 2.75) is 31.3 Å². The molecule has 0 radical (unpaired) electrons. The molecule has 0 amide bonds. The summed E-state index contributed by atoms with van der Waals surface area (Å²) in [7, 11) is 0. The lowest BCUT2D eigenvalue weighted by Crippen LogP contribution is -2.08. The van der Waals surface area contributed by atoms with Gasteiger partial charge in [-0.3, -0.25) is 0 Å². The zero-order valence-corrected chi connectivity index (χ0v) is 8.92. The first-order valence-electron chi connectivity index (χ1n) is 4.52. The van der Waals surface area contributed by atoms with Crippen molar-refractivity contribution in [3.8, 4) is 0 Å². The van der Waals surface area contributed by atoms with Gasteiger partial charge in [0.25, 0.3) is 0 Å². The summed E-state index contributed by atoms with van der Waals surface area (Å²) in [6.45, 7) is 0. The number of aromatic nitrogens is 1. The molecule has 0 saturated heterocycles. The van der Waals surface area contributed by atoms with Crippen molar-refractivity contribution in [2.24, 2.45) is 0 Å². The number of hydrogen-bond donors (Lipinski definition) is 1. The van der Waals surface area contributed by atoms with E-state index in [1.54, 1.807) is 0 Å². The highest BCUT2D eigenvalue weighted by molar-refractivity contribution is 9.10.